The Labute approximate surface area is 260 Å². The summed E-state index contributed by atoms with van der Waals surface area (Å²) in [5.74, 6) is 0.972. The molecule has 0 bridgehead atoms. The van der Waals surface area contributed by atoms with Crippen molar-refractivity contribution in [3.63, 3.8) is 0 Å². The molecule has 11 heteroatoms. The van der Waals surface area contributed by atoms with E-state index in [4.69, 9.17) is 14.2 Å². The number of carbonyl (C=O) groups is 2. The number of hydrogen-bond acceptors (Lipinski definition) is 8. The van der Waals surface area contributed by atoms with Crippen molar-refractivity contribution in [3.05, 3.63) is 62.7 Å². The van der Waals surface area contributed by atoms with Gasteiger partial charge in [0.25, 0.3) is 0 Å². The minimum Gasteiger partial charge on any atom is -0.497 e. The molecule has 10 nitrogen and oxygen atoms in total. The average Bonchev–Trinajstić information content (AvgIpc) is 2.97. The van der Waals surface area contributed by atoms with Gasteiger partial charge in [0.05, 0.1) is 37.0 Å². The molecule has 230 valence electrons. The molecule has 2 aromatic carbocycles. The molecule has 0 fully saturated rings. The van der Waals surface area contributed by atoms with E-state index in [1.807, 2.05) is 38.1 Å². The summed E-state index contributed by atoms with van der Waals surface area (Å²) in [5, 5.41) is 33.3. The summed E-state index contributed by atoms with van der Waals surface area (Å²) >= 11 is 2.07. The second-order valence-corrected chi connectivity index (χ2v) is 11.7. The summed E-state index contributed by atoms with van der Waals surface area (Å²) in [4.78, 5) is 28.4. The zero-order valence-electron chi connectivity index (χ0n) is 24.5. The van der Waals surface area contributed by atoms with Gasteiger partial charge >= 0.3 is 0 Å². The van der Waals surface area contributed by atoms with Crippen molar-refractivity contribution in [1.82, 2.24) is 10.2 Å². The highest BCUT2D eigenvalue weighted by atomic mass is 127. The van der Waals surface area contributed by atoms with Crippen LogP contribution < -0.4 is 19.5 Å². The highest BCUT2D eigenvalue weighted by molar-refractivity contribution is 14.1. The molecule has 0 radical (unpaired) electrons. The third-order valence-corrected chi connectivity index (χ3v) is 7.82. The van der Waals surface area contributed by atoms with Gasteiger partial charge in [0, 0.05) is 31.5 Å². The van der Waals surface area contributed by atoms with Gasteiger partial charge in [-0.25, -0.2) is 0 Å². The maximum atomic E-state index is 13.6. The monoisotopic (exact) mass is 696 g/mol. The lowest BCUT2D eigenvalue weighted by atomic mass is 9.87. The van der Waals surface area contributed by atoms with Crippen LogP contribution in [-0.2, 0) is 22.6 Å². The highest BCUT2D eigenvalue weighted by Crippen LogP contribution is 2.37. The van der Waals surface area contributed by atoms with Crippen LogP contribution in [-0.4, -0.2) is 84.2 Å². The Morgan fingerprint density at radius 2 is 1.88 bits per heavy atom. The Hall–Kier alpha value is -2.87. The van der Waals surface area contributed by atoms with E-state index in [2.05, 4.69) is 27.9 Å². The second-order valence-electron chi connectivity index (χ2n) is 10.6. The second kappa shape index (κ2) is 16.1. The number of aliphatic hydroxyl groups excluding tert-OH is 3. The van der Waals surface area contributed by atoms with Gasteiger partial charge in [0.2, 0.25) is 11.8 Å². The van der Waals surface area contributed by atoms with Gasteiger partial charge in [-0.1, -0.05) is 26.0 Å². The van der Waals surface area contributed by atoms with Crippen molar-refractivity contribution in [1.29, 1.82) is 0 Å². The van der Waals surface area contributed by atoms with Gasteiger partial charge in [-0.05, 0) is 76.4 Å². The molecule has 2 aromatic rings. The van der Waals surface area contributed by atoms with Crippen molar-refractivity contribution < 1.29 is 39.1 Å². The normalized spacial score (nSPS) is 18.3. The number of hydrogen-bond donors (Lipinski definition) is 4. The van der Waals surface area contributed by atoms with Crippen molar-refractivity contribution in [3.8, 4) is 17.2 Å². The van der Waals surface area contributed by atoms with Crippen LogP contribution in [0, 0.1) is 9.49 Å². The van der Waals surface area contributed by atoms with Crippen molar-refractivity contribution >= 4 is 34.4 Å². The lowest BCUT2D eigenvalue weighted by Gasteiger charge is -2.41. The SMILES string of the molecule is COc1cccc(CCN(C(=O)CC(C)C)C2CC(C(=O)NCCO)=CC(Oc3c(I)cc(CO)cc3OC)C2O)c1. The fourth-order valence-electron chi connectivity index (χ4n) is 4.91. The van der Waals surface area contributed by atoms with Gasteiger partial charge in [-0.15, -0.1) is 0 Å². The van der Waals surface area contributed by atoms with Crippen LogP contribution in [0.4, 0.5) is 0 Å². The average molecular weight is 697 g/mol. The van der Waals surface area contributed by atoms with Crippen LogP contribution in [0.15, 0.2) is 48.0 Å². The molecular weight excluding hydrogens is 655 g/mol. The Morgan fingerprint density at radius 1 is 1.12 bits per heavy atom. The summed E-state index contributed by atoms with van der Waals surface area (Å²) in [6.45, 7) is 3.88. The summed E-state index contributed by atoms with van der Waals surface area (Å²) in [5.41, 5.74) is 1.94. The Bertz CT molecular complexity index is 1250. The number of nitrogens with zero attached hydrogens (tertiary/aromatic N) is 1. The van der Waals surface area contributed by atoms with Gasteiger partial charge < -0.3 is 39.7 Å². The van der Waals surface area contributed by atoms with E-state index in [0.29, 0.717) is 44.9 Å². The summed E-state index contributed by atoms with van der Waals surface area (Å²) in [6, 6.07) is 10.2. The molecule has 2 amide bonds. The molecule has 0 heterocycles. The predicted molar refractivity (Wildman–Crippen MR) is 167 cm³/mol. The van der Waals surface area contributed by atoms with E-state index >= 15 is 0 Å². The van der Waals surface area contributed by atoms with Crippen LogP contribution in [0.2, 0.25) is 0 Å². The van der Waals surface area contributed by atoms with E-state index in [-0.39, 0.29) is 44.4 Å². The van der Waals surface area contributed by atoms with Crippen LogP contribution >= 0.6 is 22.6 Å². The third-order valence-electron chi connectivity index (χ3n) is 7.02. The molecule has 42 heavy (non-hydrogen) atoms. The highest BCUT2D eigenvalue weighted by Gasteiger charge is 2.41. The number of benzene rings is 2. The first-order valence-corrected chi connectivity index (χ1v) is 15.0. The predicted octanol–water partition coefficient (Wildman–Crippen LogP) is 2.83. The number of amides is 2. The maximum Gasteiger partial charge on any atom is 0.247 e. The lowest BCUT2D eigenvalue weighted by molar-refractivity contribution is -0.139. The first kappa shape index (κ1) is 33.6. The first-order valence-electron chi connectivity index (χ1n) is 14.0. The van der Waals surface area contributed by atoms with Crippen LogP contribution in [0.1, 0.15) is 37.8 Å². The molecule has 0 saturated heterocycles. The molecule has 0 spiro atoms. The van der Waals surface area contributed by atoms with Crippen LogP contribution in [0.5, 0.6) is 17.2 Å². The van der Waals surface area contributed by atoms with E-state index in [0.717, 1.165) is 5.56 Å². The minimum atomic E-state index is -1.17. The first-order chi connectivity index (χ1) is 20.1. The summed E-state index contributed by atoms with van der Waals surface area (Å²) in [7, 11) is 3.08. The fraction of sp³-hybridized carbons (Fsp3) is 0.484. The number of carbonyl (C=O) groups excluding carboxylic acids is 2. The molecule has 4 N–H and O–H groups in total. The van der Waals surface area contributed by atoms with E-state index in [1.165, 1.54) is 7.11 Å². The van der Waals surface area contributed by atoms with Crippen LogP contribution in [0.25, 0.3) is 0 Å². The number of ether oxygens (including phenoxy) is 3. The standard InChI is InChI=1S/C31H41IN2O8/c1-19(2)12-28(37)34(10-8-20-6-5-7-23(13-20)40-3)25-16-22(31(39)33-9-11-35)17-26(29(25)38)42-30-24(32)14-21(18-36)15-27(30)41-4/h5-7,13-15,17,19,25-26,29,35-36,38H,8-12,16,18H2,1-4H3,(H,33,39). The van der Waals surface area contributed by atoms with E-state index in [1.54, 1.807) is 30.2 Å². The Morgan fingerprint density at radius 3 is 2.52 bits per heavy atom. The van der Waals surface area contributed by atoms with Crippen molar-refractivity contribution in [2.45, 2.75) is 58.0 Å². The number of aliphatic hydroxyl groups is 3. The van der Waals surface area contributed by atoms with Crippen molar-refractivity contribution in [2.75, 3.05) is 33.9 Å². The van der Waals surface area contributed by atoms with Gasteiger partial charge in [0.1, 0.15) is 18.0 Å². The van der Waals surface area contributed by atoms with E-state index < -0.39 is 24.2 Å². The molecular formula is C31H41IN2O8. The smallest absolute Gasteiger partial charge is 0.247 e. The quantitative estimate of drug-likeness (QED) is 0.222. The number of methoxy groups -OCH3 is 2. The molecule has 1 aliphatic carbocycles. The minimum absolute atomic E-state index is 0.0646. The molecule has 3 atom stereocenters. The molecule has 3 rings (SSSR count). The largest absolute Gasteiger partial charge is 0.497 e. The maximum absolute atomic E-state index is 13.6. The zero-order valence-corrected chi connectivity index (χ0v) is 26.7. The van der Waals surface area contributed by atoms with Gasteiger partial charge in [0.15, 0.2) is 11.5 Å². The zero-order chi connectivity index (χ0) is 30.8. The number of halogens is 1. The van der Waals surface area contributed by atoms with Gasteiger partial charge in [-0.2, -0.15) is 0 Å². The Kier molecular flexibility index (Phi) is 12.9. The molecule has 3 unspecified atom stereocenters. The lowest BCUT2D eigenvalue weighted by Crippen LogP contribution is -2.55. The molecule has 0 aromatic heterocycles. The molecule has 0 saturated carbocycles. The Balaban J connectivity index is 2.00. The van der Waals surface area contributed by atoms with Crippen molar-refractivity contribution in [2.24, 2.45) is 5.92 Å². The molecule has 0 aliphatic heterocycles. The molecule has 1 aliphatic rings. The van der Waals surface area contributed by atoms with Crippen LogP contribution in [0.3, 0.4) is 0 Å². The summed E-state index contributed by atoms with van der Waals surface area (Å²) in [6.07, 6.45) is 0.302. The number of nitrogens with one attached hydrogen (secondary N) is 1. The fourth-order valence-corrected chi connectivity index (χ4v) is 5.71. The summed E-state index contributed by atoms with van der Waals surface area (Å²) < 4.78 is 17.8. The van der Waals surface area contributed by atoms with E-state index in [9.17, 15) is 24.9 Å². The topological polar surface area (TPSA) is 138 Å². The number of rotatable bonds is 14. The van der Waals surface area contributed by atoms with Gasteiger partial charge in [-0.3, -0.25) is 9.59 Å². The third kappa shape index (κ3) is 8.82.